The van der Waals surface area contributed by atoms with Gasteiger partial charge in [-0.15, -0.1) is 0 Å². The highest BCUT2D eigenvalue weighted by molar-refractivity contribution is 5.85. The number of methoxy groups -OCH3 is 1. The number of aliphatic carboxylic acids is 1. The van der Waals surface area contributed by atoms with E-state index in [1.54, 1.807) is 0 Å². The number of carboxylic acids is 1. The minimum absolute atomic E-state index is 0.545. The smallest absolute Gasteiger partial charge is 0.335 e. The molecule has 0 aromatic carbocycles. The van der Waals surface area contributed by atoms with Crippen molar-refractivity contribution in [2.24, 2.45) is 5.92 Å². The molecule has 4 heterocycles. The SMILES string of the molecule is CO[C@@H]1C(C(=O)O)O[C@@H](O[C@@H]2C(NC(C)=O)[C@H](O[C@@H]3C(C(=O)C(C)C)O[C@@H](O[C@@H]4C(NC(C)=O)[C@H](C)OC(CO)[C@H]4O)C(O)[C@H]3O)OC(CO)[C@H]2O)C(O)[C@H]1O. The third-order valence-electron chi connectivity index (χ3n) is 10.1. The fraction of sp³-hybridized carbons (Fsp3) is 0.879. The average molecular weight is 815 g/mol. The molecule has 4 saturated heterocycles. The molecule has 11 N–H and O–H groups in total. The third kappa shape index (κ3) is 9.82. The molecule has 4 fully saturated rings. The van der Waals surface area contributed by atoms with E-state index < -0.39 is 165 Å². The minimum Gasteiger partial charge on any atom is -0.479 e. The highest BCUT2D eigenvalue weighted by Gasteiger charge is 2.57. The summed E-state index contributed by atoms with van der Waals surface area (Å²) >= 11 is 0. The number of carbonyl (C=O) groups excluding carboxylic acids is 3. The number of hydrogen-bond donors (Lipinski definition) is 11. The first kappa shape index (κ1) is 46.1. The Labute approximate surface area is 320 Å². The number of ketones is 1. The average Bonchev–Trinajstić information content (AvgIpc) is 3.13. The first-order valence-electron chi connectivity index (χ1n) is 18.0. The van der Waals surface area contributed by atoms with Crippen LogP contribution in [0.1, 0.15) is 34.6 Å². The van der Waals surface area contributed by atoms with Crippen LogP contribution in [0.25, 0.3) is 0 Å². The van der Waals surface area contributed by atoms with E-state index in [4.69, 9.17) is 37.9 Å². The number of aliphatic hydroxyl groups excluding tert-OH is 8. The predicted molar refractivity (Wildman–Crippen MR) is 179 cm³/mol. The summed E-state index contributed by atoms with van der Waals surface area (Å²) in [6.07, 6.45) is -31.2. The van der Waals surface area contributed by atoms with Crippen LogP contribution in [0.2, 0.25) is 0 Å². The number of Topliss-reactive ketones (excluding diaryl/α,β-unsaturated/α-hetero) is 1. The highest BCUT2D eigenvalue weighted by atomic mass is 16.8. The number of amides is 2. The fourth-order valence-corrected chi connectivity index (χ4v) is 7.15. The Morgan fingerprint density at radius 3 is 1.52 bits per heavy atom. The molecule has 0 aromatic heterocycles. The molecule has 56 heavy (non-hydrogen) atoms. The molecule has 0 aromatic rings. The summed E-state index contributed by atoms with van der Waals surface area (Å²) in [5.41, 5.74) is 0. The molecule has 0 aliphatic carbocycles. The van der Waals surface area contributed by atoms with E-state index in [-0.39, 0.29) is 0 Å². The van der Waals surface area contributed by atoms with Crippen LogP contribution in [-0.2, 0) is 57.1 Å². The first-order chi connectivity index (χ1) is 26.3. The van der Waals surface area contributed by atoms with Crippen LogP contribution in [0.3, 0.4) is 0 Å². The molecule has 23 nitrogen and oxygen atoms in total. The van der Waals surface area contributed by atoms with Gasteiger partial charge in [0.2, 0.25) is 11.8 Å². The molecule has 20 atom stereocenters. The normalized spacial score (nSPS) is 44.6. The molecule has 8 unspecified atom stereocenters. The number of hydrogen-bond acceptors (Lipinski definition) is 20. The molecule has 0 radical (unpaired) electrons. The van der Waals surface area contributed by atoms with Gasteiger partial charge in [0.05, 0.1) is 25.4 Å². The van der Waals surface area contributed by atoms with Crippen molar-refractivity contribution in [2.75, 3.05) is 20.3 Å². The first-order valence-corrected chi connectivity index (χ1v) is 18.0. The van der Waals surface area contributed by atoms with Gasteiger partial charge in [0.25, 0.3) is 0 Å². The topological polar surface area (TPSA) is 348 Å². The zero-order chi connectivity index (χ0) is 41.9. The summed E-state index contributed by atoms with van der Waals surface area (Å²) in [6.45, 7) is 5.15. The Morgan fingerprint density at radius 2 is 1.05 bits per heavy atom. The van der Waals surface area contributed by atoms with Gasteiger partial charge in [-0.3, -0.25) is 14.4 Å². The molecular formula is C33H54N2O21. The molecule has 23 heteroatoms. The van der Waals surface area contributed by atoms with Crippen LogP contribution in [0, 0.1) is 5.92 Å². The lowest BCUT2D eigenvalue weighted by atomic mass is 9.90. The van der Waals surface area contributed by atoms with Crippen molar-refractivity contribution in [1.29, 1.82) is 0 Å². The van der Waals surface area contributed by atoms with Crippen molar-refractivity contribution in [2.45, 2.75) is 157 Å². The largest absolute Gasteiger partial charge is 0.479 e. The van der Waals surface area contributed by atoms with Gasteiger partial charge in [0.1, 0.15) is 85.4 Å². The third-order valence-corrected chi connectivity index (χ3v) is 10.1. The standard InChI is InChI=1S/C33H54N2O21/c1-9(2)17(40)27-28(21(44)23(46)32(55-27)52-24-15(34-11(4)38)10(3)50-13(7-36)18(24)41)54-31-16(35-12(5)39)25(19(42)14(8-37)51-31)53-33-22(45)20(43)26(49-6)29(56-33)30(47)48/h9-10,13-16,18-29,31-33,36-37,41-46H,7-8H2,1-6H3,(H,34,38)(H,35,39)(H,47,48)/t10-,13?,14?,15?,16?,18+,19+,20+,21+,22?,23?,24+,25+,26-,27?,28-,29?,31-,32+,33+/m0/s1. The maximum atomic E-state index is 13.7. The van der Waals surface area contributed by atoms with Crippen LogP contribution in [0.4, 0.5) is 0 Å². The van der Waals surface area contributed by atoms with E-state index >= 15 is 0 Å². The predicted octanol–water partition coefficient (Wildman–Crippen LogP) is -6.41. The van der Waals surface area contributed by atoms with Crippen LogP contribution in [0.15, 0.2) is 0 Å². The van der Waals surface area contributed by atoms with Crippen molar-refractivity contribution in [3.8, 4) is 0 Å². The number of aliphatic hydroxyl groups is 8. The van der Waals surface area contributed by atoms with Gasteiger partial charge in [0.15, 0.2) is 30.8 Å². The Morgan fingerprint density at radius 1 is 0.607 bits per heavy atom. The molecule has 0 saturated carbocycles. The summed E-state index contributed by atoms with van der Waals surface area (Å²) in [5.74, 6) is -4.46. The monoisotopic (exact) mass is 814 g/mol. The second-order valence-electron chi connectivity index (χ2n) is 14.4. The summed E-state index contributed by atoms with van der Waals surface area (Å²) in [6, 6.07) is -2.74. The summed E-state index contributed by atoms with van der Waals surface area (Å²) in [4.78, 5) is 50.1. The van der Waals surface area contributed by atoms with Crippen LogP contribution < -0.4 is 10.6 Å². The lowest BCUT2D eigenvalue weighted by Crippen LogP contribution is -2.70. The van der Waals surface area contributed by atoms with Crippen molar-refractivity contribution < 1.29 is 103 Å². The maximum Gasteiger partial charge on any atom is 0.335 e. The lowest BCUT2D eigenvalue weighted by molar-refractivity contribution is -0.365. The number of carbonyl (C=O) groups is 4. The summed E-state index contributed by atoms with van der Waals surface area (Å²) in [5, 5.41) is 101. The lowest BCUT2D eigenvalue weighted by Gasteiger charge is -2.50. The van der Waals surface area contributed by atoms with E-state index in [0.717, 1.165) is 14.0 Å². The highest BCUT2D eigenvalue weighted by Crippen LogP contribution is 2.35. The van der Waals surface area contributed by atoms with Crippen LogP contribution in [-0.4, -0.2) is 212 Å². The Balaban J connectivity index is 1.67. The molecule has 0 spiro atoms. The zero-order valence-corrected chi connectivity index (χ0v) is 31.5. The van der Waals surface area contributed by atoms with Gasteiger partial charge >= 0.3 is 5.97 Å². The molecule has 4 aliphatic heterocycles. The van der Waals surface area contributed by atoms with E-state index in [9.17, 15) is 65.1 Å². The van der Waals surface area contributed by atoms with Crippen LogP contribution >= 0.6 is 0 Å². The van der Waals surface area contributed by atoms with Crippen molar-refractivity contribution in [1.82, 2.24) is 10.6 Å². The van der Waals surface area contributed by atoms with E-state index in [1.807, 2.05) is 0 Å². The number of rotatable bonds is 14. The molecule has 4 rings (SSSR count). The van der Waals surface area contributed by atoms with Crippen molar-refractivity contribution in [3.05, 3.63) is 0 Å². The van der Waals surface area contributed by atoms with Crippen LogP contribution in [0.5, 0.6) is 0 Å². The minimum atomic E-state index is -2.08. The number of carboxylic acid groups (broad SMARTS) is 1. The Bertz CT molecular complexity index is 1360. The van der Waals surface area contributed by atoms with E-state index in [1.165, 1.54) is 27.7 Å². The molecule has 2 amide bonds. The van der Waals surface area contributed by atoms with Gasteiger partial charge in [-0.05, 0) is 6.92 Å². The van der Waals surface area contributed by atoms with Crippen molar-refractivity contribution >= 4 is 23.6 Å². The summed E-state index contributed by atoms with van der Waals surface area (Å²) < 4.78 is 45.5. The second kappa shape index (κ2) is 19.5. The number of ether oxygens (including phenoxy) is 8. The van der Waals surface area contributed by atoms with Gasteiger partial charge < -0.3 is 94.5 Å². The quantitative estimate of drug-likeness (QED) is 0.0777. The molecule has 322 valence electrons. The van der Waals surface area contributed by atoms with Gasteiger partial charge in [0, 0.05) is 26.9 Å². The van der Waals surface area contributed by atoms with E-state index in [0.29, 0.717) is 0 Å². The second-order valence-corrected chi connectivity index (χ2v) is 14.4. The number of nitrogens with one attached hydrogen (secondary N) is 2. The van der Waals surface area contributed by atoms with E-state index in [2.05, 4.69) is 10.6 Å². The van der Waals surface area contributed by atoms with Crippen molar-refractivity contribution in [3.63, 3.8) is 0 Å². The van der Waals surface area contributed by atoms with Gasteiger partial charge in [-0.1, -0.05) is 13.8 Å². The fourth-order valence-electron chi connectivity index (χ4n) is 7.15. The maximum absolute atomic E-state index is 13.7. The van der Waals surface area contributed by atoms with Gasteiger partial charge in [-0.2, -0.15) is 0 Å². The Hall–Kier alpha value is -2.56. The molecule has 0 bridgehead atoms. The summed E-state index contributed by atoms with van der Waals surface area (Å²) in [7, 11) is 1.07. The van der Waals surface area contributed by atoms with Gasteiger partial charge in [-0.25, -0.2) is 4.79 Å². The Kier molecular flexibility index (Phi) is 16.0. The molecular weight excluding hydrogens is 760 g/mol. The molecule has 4 aliphatic rings. The zero-order valence-electron chi connectivity index (χ0n) is 31.5.